The third-order valence-corrected chi connectivity index (χ3v) is 9.06. The number of amides is 4. The van der Waals surface area contributed by atoms with Crippen LogP contribution in [0, 0.1) is 0 Å². The van der Waals surface area contributed by atoms with Crippen molar-refractivity contribution in [2.45, 2.75) is 57.3 Å². The van der Waals surface area contributed by atoms with Crippen LogP contribution in [-0.4, -0.2) is 52.6 Å². The second kappa shape index (κ2) is 10.3. The summed E-state index contributed by atoms with van der Waals surface area (Å²) < 4.78 is 0. The van der Waals surface area contributed by atoms with Crippen molar-refractivity contribution in [1.29, 1.82) is 0 Å². The molecule has 208 valence electrons. The van der Waals surface area contributed by atoms with E-state index in [0.717, 1.165) is 60.4 Å². The van der Waals surface area contributed by atoms with Gasteiger partial charge in [-0.15, -0.1) is 0 Å². The van der Waals surface area contributed by atoms with E-state index in [1.807, 2.05) is 41.3 Å². The second-order valence-corrected chi connectivity index (χ2v) is 11.6. The van der Waals surface area contributed by atoms with Crippen LogP contribution in [0.1, 0.15) is 74.6 Å². The van der Waals surface area contributed by atoms with Gasteiger partial charge in [-0.1, -0.05) is 42.5 Å². The molecule has 0 spiro atoms. The molecule has 1 unspecified atom stereocenters. The summed E-state index contributed by atoms with van der Waals surface area (Å²) in [6.45, 7) is 3.76. The van der Waals surface area contributed by atoms with Crippen molar-refractivity contribution in [1.82, 2.24) is 15.1 Å². The molecule has 3 aromatic carbocycles. The lowest BCUT2D eigenvalue weighted by Crippen LogP contribution is -2.52. The van der Waals surface area contributed by atoms with Gasteiger partial charge in [0.1, 0.15) is 6.04 Å². The molecule has 0 aromatic heterocycles. The van der Waals surface area contributed by atoms with Gasteiger partial charge in [0.15, 0.2) is 0 Å². The fraction of sp³-hybridized carbons (Fsp3) is 0.333. The minimum absolute atomic E-state index is 0.0676. The molecule has 1 atom stereocenters. The first-order chi connectivity index (χ1) is 19.9. The van der Waals surface area contributed by atoms with E-state index in [9.17, 15) is 19.2 Å². The summed E-state index contributed by atoms with van der Waals surface area (Å²) in [4.78, 5) is 56.0. The van der Waals surface area contributed by atoms with Crippen LogP contribution in [-0.2, 0) is 29.2 Å². The highest BCUT2D eigenvalue weighted by molar-refractivity contribution is 6.10. The second-order valence-electron chi connectivity index (χ2n) is 11.6. The Morgan fingerprint density at radius 2 is 1.56 bits per heavy atom. The molecule has 0 radical (unpaired) electrons. The Hall–Kier alpha value is -4.30. The summed E-state index contributed by atoms with van der Waals surface area (Å²) in [5.41, 5.74) is 6.84. The minimum atomic E-state index is -0.588. The molecule has 0 saturated carbocycles. The summed E-state index contributed by atoms with van der Waals surface area (Å²) in [5, 5.41) is 2.37. The van der Waals surface area contributed by atoms with Gasteiger partial charge in [-0.2, -0.15) is 0 Å². The van der Waals surface area contributed by atoms with Crippen LogP contribution in [0.25, 0.3) is 0 Å². The smallest absolute Gasteiger partial charge is 0.258 e. The maximum absolute atomic E-state index is 13.1. The number of nitrogens with zero attached hydrogens (tertiary/aromatic N) is 3. The minimum Gasteiger partial charge on any atom is -0.322 e. The van der Waals surface area contributed by atoms with E-state index in [1.54, 1.807) is 4.90 Å². The molecule has 7 rings (SSSR count). The Bertz CT molecular complexity index is 1560. The molecule has 41 heavy (non-hydrogen) atoms. The Labute approximate surface area is 238 Å². The average Bonchev–Trinajstić information content (AvgIpc) is 3.49. The first kappa shape index (κ1) is 25.7. The molecular weight excluding hydrogens is 516 g/mol. The van der Waals surface area contributed by atoms with Crippen molar-refractivity contribution < 1.29 is 19.2 Å². The van der Waals surface area contributed by atoms with Crippen LogP contribution in [0.3, 0.4) is 0 Å². The van der Waals surface area contributed by atoms with Crippen LogP contribution < -0.4 is 10.2 Å². The number of carbonyl (C=O) groups is 4. The van der Waals surface area contributed by atoms with Crippen molar-refractivity contribution in [3.63, 3.8) is 0 Å². The van der Waals surface area contributed by atoms with Crippen LogP contribution in [0.5, 0.6) is 0 Å². The maximum Gasteiger partial charge on any atom is 0.258 e. The number of carbonyl (C=O) groups excluding carboxylic acids is 4. The predicted molar refractivity (Wildman–Crippen MR) is 153 cm³/mol. The molecule has 2 fully saturated rings. The largest absolute Gasteiger partial charge is 0.322 e. The Kier molecular flexibility index (Phi) is 6.43. The molecule has 8 nitrogen and oxygen atoms in total. The van der Waals surface area contributed by atoms with Crippen LogP contribution in [0.15, 0.2) is 66.7 Å². The standard InChI is InChI=1S/C33H32N4O4/c38-30-11-10-29(31(39)34-30)37-20-25-17-23(8-9-27(25)32(37)40)22-12-14-35(15-13-22)18-21-6-7-24-19-36(33(41)28(24)16-21)26-4-2-1-3-5-26/h1-9,16-17,22,29H,10-15,18-20H2,(H,34,38,39). The number of rotatable bonds is 5. The Morgan fingerprint density at radius 3 is 2.34 bits per heavy atom. The van der Waals surface area contributed by atoms with Gasteiger partial charge in [-0.05, 0) is 84.8 Å². The van der Waals surface area contributed by atoms with E-state index >= 15 is 0 Å². The summed E-state index contributed by atoms with van der Waals surface area (Å²) in [6, 6.07) is 21.7. The first-order valence-electron chi connectivity index (χ1n) is 14.4. The molecular formula is C33H32N4O4. The van der Waals surface area contributed by atoms with Crippen molar-refractivity contribution >= 4 is 29.3 Å². The average molecular weight is 549 g/mol. The van der Waals surface area contributed by atoms with E-state index in [1.165, 1.54) is 5.56 Å². The number of fused-ring (bicyclic) bond motifs is 2. The van der Waals surface area contributed by atoms with Gasteiger partial charge in [0, 0.05) is 36.3 Å². The number of piperidine rings is 2. The monoisotopic (exact) mass is 548 g/mol. The van der Waals surface area contributed by atoms with Gasteiger partial charge < -0.3 is 9.80 Å². The van der Waals surface area contributed by atoms with Crippen LogP contribution in [0.2, 0.25) is 0 Å². The molecule has 1 N–H and O–H groups in total. The highest BCUT2D eigenvalue weighted by atomic mass is 16.2. The van der Waals surface area contributed by atoms with Crippen molar-refractivity contribution in [2.24, 2.45) is 0 Å². The van der Waals surface area contributed by atoms with Gasteiger partial charge in [0.25, 0.3) is 11.8 Å². The molecule has 0 bridgehead atoms. The van der Waals surface area contributed by atoms with Crippen molar-refractivity contribution in [3.05, 3.63) is 100 Å². The third-order valence-electron chi connectivity index (χ3n) is 9.06. The summed E-state index contributed by atoms with van der Waals surface area (Å²) >= 11 is 0. The maximum atomic E-state index is 13.1. The van der Waals surface area contributed by atoms with Gasteiger partial charge in [-0.3, -0.25) is 29.4 Å². The predicted octanol–water partition coefficient (Wildman–Crippen LogP) is 3.99. The lowest BCUT2D eigenvalue weighted by molar-refractivity contribution is -0.136. The molecule has 8 heteroatoms. The molecule has 3 aromatic rings. The lowest BCUT2D eigenvalue weighted by atomic mass is 9.87. The number of para-hydroxylation sites is 1. The summed E-state index contributed by atoms with van der Waals surface area (Å²) in [7, 11) is 0. The molecule has 0 aliphatic carbocycles. The molecule has 4 heterocycles. The number of benzene rings is 3. The van der Waals surface area contributed by atoms with Crippen LogP contribution >= 0.6 is 0 Å². The fourth-order valence-corrected chi connectivity index (χ4v) is 6.79. The van der Waals surface area contributed by atoms with Gasteiger partial charge in [-0.25, -0.2) is 0 Å². The van der Waals surface area contributed by atoms with E-state index < -0.39 is 6.04 Å². The lowest BCUT2D eigenvalue weighted by Gasteiger charge is -2.32. The Morgan fingerprint density at radius 1 is 0.756 bits per heavy atom. The van der Waals surface area contributed by atoms with Gasteiger partial charge in [0.05, 0.1) is 6.54 Å². The van der Waals surface area contributed by atoms with E-state index in [4.69, 9.17) is 0 Å². The Balaban J connectivity index is 0.974. The van der Waals surface area contributed by atoms with Crippen molar-refractivity contribution in [2.75, 3.05) is 18.0 Å². The molecule has 2 saturated heterocycles. The van der Waals surface area contributed by atoms with E-state index in [2.05, 4.69) is 40.5 Å². The number of nitrogens with one attached hydrogen (secondary N) is 1. The summed E-state index contributed by atoms with van der Waals surface area (Å²) in [5.74, 6) is -0.300. The number of hydrogen-bond acceptors (Lipinski definition) is 5. The van der Waals surface area contributed by atoms with Gasteiger partial charge >= 0.3 is 0 Å². The molecule has 4 aliphatic rings. The molecule has 4 aliphatic heterocycles. The first-order valence-corrected chi connectivity index (χ1v) is 14.4. The number of anilines is 1. The zero-order valence-corrected chi connectivity index (χ0v) is 22.8. The normalized spacial score (nSPS) is 21.3. The SMILES string of the molecule is O=C1CCC(N2Cc3cc(C4CCN(Cc5ccc6c(c5)C(=O)N(c5ccccc5)C6)CC4)ccc3C2=O)C(=O)N1. The van der Waals surface area contributed by atoms with E-state index in [-0.39, 0.29) is 30.0 Å². The fourth-order valence-electron chi connectivity index (χ4n) is 6.79. The summed E-state index contributed by atoms with van der Waals surface area (Å²) in [6.07, 6.45) is 2.68. The number of imide groups is 1. The third kappa shape index (κ3) is 4.72. The molecule has 4 amide bonds. The quantitative estimate of drug-likeness (QED) is 0.487. The zero-order valence-electron chi connectivity index (χ0n) is 22.8. The zero-order chi connectivity index (χ0) is 28.1. The number of hydrogen-bond donors (Lipinski definition) is 1. The van der Waals surface area contributed by atoms with Crippen LogP contribution in [0.4, 0.5) is 5.69 Å². The highest BCUT2D eigenvalue weighted by Gasteiger charge is 2.39. The highest BCUT2D eigenvalue weighted by Crippen LogP contribution is 2.34. The van der Waals surface area contributed by atoms with Gasteiger partial charge in [0.2, 0.25) is 11.8 Å². The van der Waals surface area contributed by atoms with E-state index in [0.29, 0.717) is 31.0 Å². The van der Waals surface area contributed by atoms with Crippen molar-refractivity contribution in [3.8, 4) is 0 Å². The number of likely N-dealkylation sites (tertiary alicyclic amines) is 1. The topological polar surface area (TPSA) is 90.0 Å².